The van der Waals surface area contributed by atoms with Crippen molar-refractivity contribution in [3.05, 3.63) is 17.5 Å². The Morgan fingerprint density at radius 3 is 3.05 bits per heavy atom. The smallest absolute Gasteiger partial charge is 0.255 e. The van der Waals surface area contributed by atoms with Crippen LogP contribution in [0.3, 0.4) is 0 Å². The molecule has 0 amide bonds. The first-order valence-electron chi connectivity index (χ1n) is 7.42. The molecule has 2 aromatic heterocycles. The second-order valence-corrected chi connectivity index (χ2v) is 5.90. The average Bonchev–Trinajstić information content (AvgIpc) is 2.95. The fraction of sp³-hybridized carbons (Fsp3) is 0.643. The molecule has 1 atom stereocenters. The molecule has 0 aliphatic carbocycles. The summed E-state index contributed by atoms with van der Waals surface area (Å²) in [5, 5.41) is 8.14. The van der Waals surface area contributed by atoms with Gasteiger partial charge in [0.25, 0.3) is 5.78 Å². The first-order valence-corrected chi connectivity index (χ1v) is 7.80. The number of hydrogen-bond donors (Lipinski definition) is 1. The van der Waals surface area contributed by atoms with Crippen LogP contribution in [0.2, 0.25) is 5.15 Å². The summed E-state index contributed by atoms with van der Waals surface area (Å²) < 4.78 is 7.70. The van der Waals surface area contributed by atoms with E-state index in [1.54, 1.807) is 10.6 Å². The van der Waals surface area contributed by atoms with Crippen molar-refractivity contribution in [3.63, 3.8) is 0 Å². The van der Waals surface area contributed by atoms with Gasteiger partial charge < -0.3 is 10.1 Å². The third-order valence-electron chi connectivity index (χ3n) is 4.35. The SMILES string of the molecule is CCC1(CC)CC(Nc2cc(Cl)nc3ncnn23)CCO1. The van der Waals surface area contributed by atoms with Crippen LogP contribution in [0, 0.1) is 0 Å². The molecule has 3 rings (SSSR count). The zero-order valence-corrected chi connectivity index (χ0v) is 13.1. The largest absolute Gasteiger partial charge is 0.375 e. The lowest BCUT2D eigenvalue weighted by atomic mass is 9.86. The van der Waals surface area contributed by atoms with E-state index < -0.39 is 0 Å². The van der Waals surface area contributed by atoms with Gasteiger partial charge in [-0.3, -0.25) is 0 Å². The number of ether oxygens (including phenoxy) is 1. The van der Waals surface area contributed by atoms with E-state index in [9.17, 15) is 0 Å². The van der Waals surface area contributed by atoms with E-state index in [1.165, 1.54) is 6.33 Å². The molecule has 1 unspecified atom stereocenters. The van der Waals surface area contributed by atoms with E-state index in [2.05, 4.69) is 34.2 Å². The molecule has 0 aromatic carbocycles. The number of nitrogens with zero attached hydrogens (tertiary/aromatic N) is 4. The summed E-state index contributed by atoms with van der Waals surface area (Å²) in [6.45, 7) is 5.15. The molecule has 7 heteroatoms. The third kappa shape index (κ3) is 2.82. The number of halogens is 1. The maximum atomic E-state index is 6.05. The van der Waals surface area contributed by atoms with Gasteiger partial charge in [0.15, 0.2) is 0 Å². The molecule has 1 aliphatic rings. The molecule has 0 radical (unpaired) electrons. The van der Waals surface area contributed by atoms with Gasteiger partial charge in [-0.25, -0.2) is 0 Å². The lowest BCUT2D eigenvalue weighted by Gasteiger charge is -2.40. The van der Waals surface area contributed by atoms with Crippen LogP contribution in [0.15, 0.2) is 12.4 Å². The summed E-state index contributed by atoms with van der Waals surface area (Å²) in [5.74, 6) is 1.34. The van der Waals surface area contributed by atoms with Crippen LogP contribution in [0.5, 0.6) is 0 Å². The highest BCUT2D eigenvalue weighted by atomic mass is 35.5. The summed E-state index contributed by atoms with van der Waals surface area (Å²) in [5.41, 5.74) is -0.0196. The van der Waals surface area contributed by atoms with Crippen molar-refractivity contribution >= 4 is 23.2 Å². The molecule has 114 valence electrons. The normalized spacial score (nSPS) is 21.6. The van der Waals surface area contributed by atoms with Crippen molar-refractivity contribution in [1.82, 2.24) is 19.6 Å². The number of aromatic nitrogens is 4. The minimum absolute atomic E-state index is 0.0196. The van der Waals surface area contributed by atoms with Gasteiger partial charge in [0.2, 0.25) is 0 Å². The van der Waals surface area contributed by atoms with Gasteiger partial charge in [0.1, 0.15) is 17.3 Å². The first-order chi connectivity index (χ1) is 10.2. The molecule has 2 aromatic rings. The van der Waals surface area contributed by atoms with Gasteiger partial charge in [-0.1, -0.05) is 25.4 Å². The summed E-state index contributed by atoms with van der Waals surface area (Å²) in [7, 11) is 0. The highest BCUT2D eigenvalue weighted by molar-refractivity contribution is 6.29. The zero-order valence-electron chi connectivity index (χ0n) is 12.3. The monoisotopic (exact) mass is 309 g/mol. The first kappa shape index (κ1) is 14.5. The van der Waals surface area contributed by atoms with Crippen molar-refractivity contribution in [2.45, 2.75) is 51.2 Å². The lowest BCUT2D eigenvalue weighted by molar-refractivity contribution is -0.0864. The quantitative estimate of drug-likeness (QED) is 0.880. The minimum atomic E-state index is -0.0196. The minimum Gasteiger partial charge on any atom is -0.375 e. The van der Waals surface area contributed by atoms with E-state index in [0.717, 1.165) is 38.1 Å². The second-order valence-electron chi connectivity index (χ2n) is 5.51. The average molecular weight is 310 g/mol. The highest BCUT2D eigenvalue weighted by Crippen LogP contribution is 2.32. The van der Waals surface area contributed by atoms with Crippen LogP contribution >= 0.6 is 11.6 Å². The van der Waals surface area contributed by atoms with Crippen molar-refractivity contribution < 1.29 is 4.74 Å². The van der Waals surface area contributed by atoms with Gasteiger partial charge in [-0.2, -0.15) is 19.6 Å². The predicted molar refractivity (Wildman–Crippen MR) is 81.7 cm³/mol. The van der Waals surface area contributed by atoms with Crippen molar-refractivity contribution in [2.75, 3.05) is 11.9 Å². The molecule has 1 saturated heterocycles. The molecule has 3 heterocycles. The summed E-state index contributed by atoms with van der Waals surface area (Å²) in [6, 6.07) is 2.13. The molecular weight excluding hydrogens is 290 g/mol. The molecule has 0 spiro atoms. The standard InChI is InChI=1S/C14H20ClN5O/c1-3-14(4-2)8-10(5-6-21-14)18-12-7-11(15)19-13-16-9-17-20(12)13/h7,9-10,18H,3-6,8H2,1-2H3. The number of hydrogen-bond acceptors (Lipinski definition) is 5. The van der Waals surface area contributed by atoms with Crippen molar-refractivity contribution in [1.29, 1.82) is 0 Å². The molecular formula is C14H20ClN5O. The van der Waals surface area contributed by atoms with E-state index in [-0.39, 0.29) is 5.60 Å². The van der Waals surface area contributed by atoms with Crippen LogP contribution in [0.4, 0.5) is 5.82 Å². The fourth-order valence-electron chi connectivity index (χ4n) is 2.99. The van der Waals surface area contributed by atoms with Crippen molar-refractivity contribution in [2.24, 2.45) is 0 Å². The maximum absolute atomic E-state index is 6.05. The maximum Gasteiger partial charge on any atom is 0.255 e. The second kappa shape index (κ2) is 5.77. The predicted octanol–water partition coefficient (Wildman–Crippen LogP) is 2.93. The van der Waals surface area contributed by atoms with Gasteiger partial charge >= 0.3 is 0 Å². The Balaban J connectivity index is 1.83. The Morgan fingerprint density at radius 1 is 1.48 bits per heavy atom. The molecule has 0 bridgehead atoms. The van der Waals surface area contributed by atoms with Crippen molar-refractivity contribution in [3.8, 4) is 0 Å². The van der Waals surface area contributed by atoms with Gasteiger partial charge in [-0.15, -0.1) is 0 Å². The van der Waals surface area contributed by atoms with Crippen LogP contribution in [-0.4, -0.2) is 37.8 Å². The Bertz CT molecular complexity index is 625. The number of nitrogens with one attached hydrogen (secondary N) is 1. The highest BCUT2D eigenvalue weighted by Gasteiger charge is 2.34. The van der Waals surface area contributed by atoms with E-state index >= 15 is 0 Å². The van der Waals surface area contributed by atoms with E-state index in [0.29, 0.717) is 17.0 Å². The Labute approximate surface area is 128 Å². The third-order valence-corrected chi connectivity index (χ3v) is 4.55. The Kier molecular flexibility index (Phi) is 3.99. The van der Waals surface area contributed by atoms with Crippen LogP contribution in [0.25, 0.3) is 5.78 Å². The Morgan fingerprint density at radius 2 is 2.29 bits per heavy atom. The molecule has 0 saturated carbocycles. The van der Waals surface area contributed by atoms with E-state index in [4.69, 9.17) is 16.3 Å². The molecule has 1 fully saturated rings. The fourth-order valence-corrected chi connectivity index (χ4v) is 3.17. The van der Waals surface area contributed by atoms with E-state index in [1.807, 2.05) is 0 Å². The van der Waals surface area contributed by atoms with Gasteiger partial charge in [-0.05, 0) is 25.7 Å². The molecule has 6 nitrogen and oxygen atoms in total. The van der Waals surface area contributed by atoms with Crippen LogP contribution in [-0.2, 0) is 4.74 Å². The number of rotatable bonds is 4. The number of fused-ring (bicyclic) bond motifs is 1. The molecule has 1 aliphatic heterocycles. The van der Waals surface area contributed by atoms with Gasteiger partial charge in [0, 0.05) is 18.7 Å². The summed E-state index contributed by atoms with van der Waals surface area (Å²) in [6.07, 6.45) is 5.49. The van der Waals surface area contributed by atoms with Gasteiger partial charge in [0.05, 0.1) is 5.60 Å². The zero-order chi connectivity index (χ0) is 14.9. The molecule has 21 heavy (non-hydrogen) atoms. The van der Waals surface area contributed by atoms with Crippen LogP contribution in [0.1, 0.15) is 39.5 Å². The topological polar surface area (TPSA) is 64.3 Å². The Hall–Kier alpha value is -1.40. The summed E-state index contributed by atoms with van der Waals surface area (Å²) >= 11 is 6.05. The summed E-state index contributed by atoms with van der Waals surface area (Å²) in [4.78, 5) is 8.23. The molecule has 1 N–H and O–H groups in total. The van der Waals surface area contributed by atoms with Crippen LogP contribution < -0.4 is 5.32 Å². The number of anilines is 1. The lowest BCUT2D eigenvalue weighted by Crippen LogP contribution is -2.43.